The van der Waals surface area contributed by atoms with Gasteiger partial charge in [0.05, 0.1) is 17.0 Å². The second kappa shape index (κ2) is 9.18. The summed E-state index contributed by atoms with van der Waals surface area (Å²) < 4.78 is 7.91. The first-order valence-electron chi connectivity index (χ1n) is 12.5. The first-order valence-corrected chi connectivity index (χ1v) is 12.9. The van der Waals surface area contributed by atoms with E-state index in [1.54, 1.807) is 29.3 Å². The molecular weight excluding hydrogens is 502 g/mol. The lowest BCUT2D eigenvalue weighted by Gasteiger charge is -2.22. The fourth-order valence-corrected chi connectivity index (χ4v) is 5.14. The van der Waals surface area contributed by atoms with Gasteiger partial charge in [0.1, 0.15) is 6.10 Å². The molecule has 1 saturated carbocycles. The van der Waals surface area contributed by atoms with Crippen LogP contribution in [-0.2, 0) is 5.54 Å². The maximum absolute atomic E-state index is 13.3. The van der Waals surface area contributed by atoms with E-state index in [1.807, 2.05) is 62.1 Å². The number of rotatable bonds is 6. The van der Waals surface area contributed by atoms with Crippen molar-refractivity contribution in [2.24, 2.45) is 17.6 Å². The highest BCUT2D eigenvalue weighted by Crippen LogP contribution is 2.48. The van der Waals surface area contributed by atoms with Gasteiger partial charge in [0, 0.05) is 65.7 Å². The van der Waals surface area contributed by atoms with Gasteiger partial charge >= 0.3 is 0 Å². The fraction of sp³-hybridized carbons (Fsp3) is 0.321. The molecular formula is C28H28ClN7O2. The summed E-state index contributed by atoms with van der Waals surface area (Å²) >= 11 is 6.07. The number of nitrogens with two attached hydrogens (primary N) is 1. The van der Waals surface area contributed by atoms with Crippen molar-refractivity contribution < 1.29 is 9.53 Å². The number of carbonyl (C=O) groups is 1. The number of pyridine rings is 1. The van der Waals surface area contributed by atoms with Crippen LogP contribution < -0.4 is 10.5 Å². The van der Waals surface area contributed by atoms with Gasteiger partial charge in [-0.25, -0.2) is 19.6 Å². The normalized spacial score (nSPS) is 20.3. The predicted molar refractivity (Wildman–Crippen MR) is 143 cm³/mol. The monoisotopic (exact) mass is 529 g/mol. The SMILES string of the molecule is Cc1nn(-c2ncccn2)cc1C(=O)N1CC2C(C1)C2Oc1cc(C(C)(C)N)cc(-c2ccc(Cl)cc2)n1. The van der Waals surface area contributed by atoms with E-state index in [2.05, 4.69) is 15.1 Å². The third-order valence-corrected chi connectivity index (χ3v) is 7.48. The molecule has 3 aromatic heterocycles. The summed E-state index contributed by atoms with van der Waals surface area (Å²) in [6.45, 7) is 7.01. The number of aryl methyl sites for hydroxylation is 1. The van der Waals surface area contributed by atoms with Crippen LogP contribution in [0.15, 0.2) is 61.1 Å². The average Bonchev–Trinajstić information content (AvgIpc) is 3.22. The van der Waals surface area contributed by atoms with Crippen molar-refractivity contribution in [1.82, 2.24) is 29.6 Å². The number of nitrogens with zero attached hydrogens (tertiary/aromatic N) is 6. The molecule has 1 saturated heterocycles. The summed E-state index contributed by atoms with van der Waals surface area (Å²) in [5.41, 5.74) is 9.74. The van der Waals surface area contributed by atoms with E-state index in [0.717, 1.165) is 16.8 Å². The van der Waals surface area contributed by atoms with Gasteiger partial charge in [-0.3, -0.25) is 4.79 Å². The number of benzene rings is 1. The molecule has 4 aromatic rings. The van der Waals surface area contributed by atoms with Gasteiger partial charge in [0.2, 0.25) is 11.8 Å². The Labute approximate surface area is 225 Å². The maximum Gasteiger partial charge on any atom is 0.257 e. The van der Waals surface area contributed by atoms with Crippen molar-refractivity contribution in [3.63, 3.8) is 0 Å². The van der Waals surface area contributed by atoms with E-state index in [-0.39, 0.29) is 23.8 Å². The van der Waals surface area contributed by atoms with Crippen LogP contribution in [0.25, 0.3) is 17.2 Å². The first-order chi connectivity index (χ1) is 18.2. The van der Waals surface area contributed by atoms with Crippen molar-refractivity contribution in [1.29, 1.82) is 0 Å². The maximum atomic E-state index is 13.3. The molecule has 194 valence electrons. The van der Waals surface area contributed by atoms with Crippen LogP contribution in [0.1, 0.15) is 35.5 Å². The third-order valence-electron chi connectivity index (χ3n) is 7.23. The summed E-state index contributed by atoms with van der Waals surface area (Å²) in [5, 5.41) is 5.10. The molecule has 2 atom stereocenters. The summed E-state index contributed by atoms with van der Waals surface area (Å²) in [6, 6.07) is 13.2. The molecule has 2 fully saturated rings. The van der Waals surface area contributed by atoms with Gasteiger partial charge in [-0.05, 0) is 50.6 Å². The third kappa shape index (κ3) is 4.63. The van der Waals surface area contributed by atoms with Crippen LogP contribution in [0.2, 0.25) is 5.02 Å². The van der Waals surface area contributed by atoms with Crippen LogP contribution in [0.5, 0.6) is 5.88 Å². The number of piperidine rings is 1. The van der Waals surface area contributed by atoms with Gasteiger partial charge in [-0.1, -0.05) is 23.7 Å². The number of carbonyl (C=O) groups excluding carboxylic acids is 1. The number of ether oxygens (including phenoxy) is 1. The molecule has 2 aliphatic rings. The molecule has 2 N–H and O–H groups in total. The van der Waals surface area contributed by atoms with E-state index in [9.17, 15) is 4.79 Å². The summed E-state index contributed by atoms with van der Waals surface area (Å²) in [5.74, 6) is 1.47. The Morgan fingerprint density at radius 1 is 1.11 bits per heavy atom. The lowest BCUT2D eigenvalue weighted by molar-refractivity contribution is 0.0751. The van der Waals surface area contributed by atoms with E-state index in [1.165, 1.54) is 0 Å². The minimum atomic E-state index is -0.558. The highest BCUT2D eigenvalue weighted by molar-refractivity contribution is 6.30. The van der Waals surface area contributed by atoms with Gasteiger partial charge < -0.3 is 15.4 Å². The van der Waals surface area contributed by atoms with Gasteiger partial charge in [-0.15, -0.1) is 0 Å². The van der Waals surface area contributed by atoms with E-state index < -0.39 is 5.54 Å². The number of hydrogen-bond acceptors (Lipinski definition) is 7. The van der Waals surface area contributed by atoms with Crippen molar-refractivity contribution in [2.75, 3.05) is 13.1 Å². The topological polar surface area (TPSA) is 112 Å². The Balaban J connectivity index is 1.16. The highest BCUT2D eigenvalue weighted by Gasteiger charge is 2.59. The smallest absolute Gasteiger partial charge is 0.257 e. The minimum absolute atomic E-state index is 0.0160. The number of fused-ring (bicyclic) bond motifs is 1. The van der Waals surface area contributed by atoms with Gasteiger partial charge in [0.15, 0.2) is 0 Å². The quantitative estimate of drug-likeness (QED) is 0.401. The lowest BCUT2D eigenvalue weighted by Crippen LogP contribution is -2.33. The number of likely N-dealkylation sites (tertiary alicyclic amines) is 1. The molecule has 1 aliphatic carbocycles. The molecule has 1 amide bonds. The molecule has 2 unspecified atom stereocenters. The molecule has 1 aliphatic heterocycles. The van der Waals surface area contributed by atoms with Crippen LogP contribution >= 0.6 is 11.6 Å². The number of halogens is 1. The number of hydrogen-bond donors (Lipinski definition) is 1. The average molecular weight is 530 g/mol. The molecule has 38 heavy (non-hydrogen) atoms. The Hall–Kier alpha value is -3.82. The molecule has 10 heteroatoms. The van der Waals surface area contributed by atoms with Crippen molar-refractivity contribution in [3.05, 3.63) is 82.9 Å². The largest absolute Gasteiger partial charge is 0.474 e. The van der Waals surface area contributed by atoms with Crippen molar-refractivity contribution in [2.45, 2.75) is 32.4 Å². The summed E-state index contributed by atoms with van der Waals surface area (Å²) in [7, 11) is 0. The Bertz CT molecular complexity index is 1490. The zero-order valence-corrected chi connectivity index (χ0v) is 22.1. The Morgan fingerprint density at radius 2 is 1.79 bits per heavy atom. The van der Waals surface area contributed by atoms with Crippen LogP contribution in [-0.4, -0.2) is 54.7 Å². The molecule has 0 bridgehead atoms. The lowest BCUT2D eigenvalue weighted by atomic mass is 9.95. The summed E-state index contributed by atoms with van der Waals surface area (Å²) in [4.78, 5) is 28.3. The van der Waals surface area contributed by atoms with E-state index in [4.69, 9.17) is 27.1 Å². The molecule has 0 spiro atoms. The predicted octanol–water partition coefficient (Wildman–Crippen LogP) is 4.03. The molecule has 0 radical (unpaired) electrons. The molecule has 1 aromatic carbocycles. The zero-order chi connectivity index (χ0) is 26.6. The number of aromatic nitrogens is 5. The van der Waals surface area contributed by atoms with Crippen LogP contribution in [0, 0.1) is 18.8 Å². The second-order valence-electron chi connectivity index (χ2n) is 10.5. The van der Waals surface area contributed by atoms with Gasteiger partial charge in [0.25, 0.3) is 5.91 Å². The standard InChI is InChI=1S/C28H28ClN7O2/c1-16-20(15-36(34-16)27-31-9-4-10-32-27)26(37)35-13-21-22(14-35)25(21)38-24-12-18(28(2,3)30)11-23(33-24)17-5-7-19(29)8-6-17/h4-12,15,21-22,25H,13-14,30H2,1-3H3. The van der Waals surface area contributed by atoms with Crippen LogP contribution in [0.3, 0.4) is 0 Å². The number of amides is 1. The van der Waals surface area contributed by atoms with Crippen molar-refractivity contribution in [3.8, 4) is 23.1 Å². The highest BCUT2D eigenvalue weighted by atomic mass is 35.5. The molecule has 4 heterocycles. The second-order valence-corrected chi connectivity index (χ2v) is 11.0. The first kappa shape index (κ1) is 24.5. The van der Waals surface area contributed by atoms with E-state index in [0.29, 0.717) is 41.2 Å². The fourth-order valence-electron chi connectivity index (χ4n) is 5.01. The Morgan fingerprint density at radius 3 is 2.45 bits per heavy atom. The van der Waals surface area contributed by atoms with Crippen molar-refractivity contribution >= 4 is 17.5 Å². The van der Waals surface area contributed by atoms with E-state index >= 15 is 0 Å². The molecule has 6 rings (SSSR count). The Kier molecular flexibility index (Phi) is 5.92. The molecule has 9 nitrogen and oxygen atoms in total. The summed E-state index contributed by atoms with van der Waals surface area (Å²) in [6.07, 6.45) is 5.01. The minimum Gasteiger partial charge on any atom is -0.474 e. The zero-order valence-electron chi connectivity index (χ0n) is 21.4. The van der Waals surface area contributed by atoms with Crippen LogP contribution in [0.4, 0.5) is 0 Å². The van der Waals surface area contributed by atoms with Gasteiger partial charge in [-0.2, -0.15) is 5.10 Å².